The zero-order chi connectivity index (χ0) is 7.68. The van der Waals surface area contributed by atoms with E-state index in [2.05, 4.69) is 17.1 Å². The lowest BCUT2D eigenvalue weighted by molar-refractivity contribution is -0.0815. The number of hydrogen-bond donors (Lipinski definition) is 1. The van der Waals surface area contributed by atoms with E-state index in [0.29, 0.717) is 12.1 Å². The van der Waals surface area contributed by atoms with E-state index in [0.717, 1.165) is 26.3 Å². The highest BCUT2D eigenvalue weighted by Gasteiger charge is 2.30. The molecule has 0 aromatic rings. The van der Waals surface area contributed by atoms with Crippen LogP contribution in [0.1, 0.15) is 6.92 Å². The first-order valence-electron chi connectivity index (χ1n) is 4.42. The van der Waals surface area contributed by atoms with E-state index < -0.39 is 0 Å². The average Bonchev–Trinajstić information content (AvgIpc) is 1.90. The van der Waals surface area contributed by atoms with Crippen molar-refractivity contribution in [1.29, 1.82) is 0 Å². The fourth-order valence-corrected chi connectivity index (χ4v) is 1.81. The second-order valence-electron chi connectivity index (χ2n) is 3.48. The van der Waals surface area contributed by atoms with Crippen molar-refractivity contribution in [3.63, 3.8) is 0 Å². The third-order valence-corrected chi connectivity index (χ3v) is 2.64. The minimum atomic E-state index is 0. The van der Waals surface area contributed by atoms with Gasteiger partial charge in [-0.25, -0.2) is 0 Å². The molecule has 2 rings (SSSR count). The van der Waals surface area contributed by atoms with E-state index >= 15 is 0 Å². The maximum atomic E-state index is 5.17. The third kappa shape index (κ3) is 1.91. The van der Waals surface area contributed by atoms with Crippen LogP contribution in [0.15, 0.2) is 0 Å². The van der Waals surface area contributed by atoms with E-state index in [4.69, 9.17) is 4.74 Å². The fourth-order valence-electron chi connectivity index (χ4n) is 1.81. The molecule has 1 N–H and O–H groups in total. The summed E-state index contributed by atoms with van der Waals surface area (Å²) < 4.78 is 5.17. The summed E-state index contributed by atoms with van der Waals surface area (Å²) in [6.45, 7) is 7.64. The quantitative estimate of drug-likeness (QED) is 0.638. The predicted octanol–water partition coefficient (Wildman–Crippen LogP) is 0.101. The molecule has 2 fully saturated rings. The van der Waals surface area contributed by atoms with E-state index in [1.54, 1.807) is 0 Å². The van der Waals surface area contributed by atoms with Crippen LogP contribution >= 0.6 is 12.4 Å². The molecule has 4 heteroatoms. The maximum absolute atomic E-state index is 5.17. The molecule has 3 nitrogen and oxygen atoms in total. The summed E-state index contributed by atoms with van der Waals surface area (Å²) in [5.74, 6) is 0. The van der Waals surface area contributed by atoms with Crippen LogP contribution in [0.5, 0.6) is 0 Å². The topological polar surface area (TPSA) is 24.5 Å². The monoisotopic (exact) mass is 192 g/mol. The summed E-state index contributed by atoms with van der Waals surface area (Å²) >= 11 is 0. The molecule has 2 heterocycles. The number of rotatable bonds is 1. The van der Waals surface area contributed by atoms with Gasteiger partial charge in [0.25, 0.3) is 0 Å². The van der Waals surface area contributed by atoms with Crippen LogP contribution < -0.4 is 5.32 Å². The highest BCUT2D eigenvalue weighted by molar-refractivity contribution is 5.85. The number of nitrogens with one attached hydrogen (secondary N) is 1. The molecule has 0 aliphatic carbocycles. The summed E-state index contributed by atoms with van der Waals surface area (Å²) in [5, 5.41) is 3.39. The standard InChI is InChI=1S/C8H16N2O.ClH/c1-7-4-9-2-3-10(7)8-5-11-6-8;/h7-9H,2-6H2,1H3;1H. The van der Waals surface area contributed by atoms with Gasteiger partial charge in [-0.2, -0.15) is 0 Å². The SMILES string of the molecule is CC1CNCCN1C1COC1.Cl. The van der Waals surface area contributed by atoms with Gasteiger partial charge >= 0.3 is 0 Å². The Kier molecular flexibility index (Phi) is 3.77. The molecule has 72 valence electrons. The van der Waals surface area contributed by atoms with Crippen molar-refractivity contribution < 1.29 is 4.74 Å². The highest BCUT2D eigenvalue weighted by Crippen LogP contribution is 2.14. The highest BCUT2D eigenvalue weighted by atomic mass is 35.5. The van der Waals surface area contributed by atoms with Gasteiger partial charge in [0, 0.05) is 25.7 Å². The minimum Gasteiger partial charge on any atom is -0.378 e. The van der Waals surface area contributed by atoms with Gasteiger partial charge in [0.1, 0.15) is 0 Å². The zero-order valence-corrected chi connectivity index (χ0v) is 8.27. The van der Waals surface area contributed by atoms with Gasteiger partial charge in [0.15, 0.2) is 0 Å². The second kappa shape index (κ2) is 4.42. The summed E-state index contributed by atoms with van der Waals surface area (Å²) in [6, 6.07) is 1.41. The number of nitrogens with zero attached hydrogens (tertiary/aromatic N) is 1. The maximum Gasteiger partial charge on any atom is 0.0645 e. The molecular formula is C8H17ClN2O. The first-order valence-corrected chi connectivity index (χ1v) is 4.42. The Bertz CT molecular complexity index is 139. The molecule has 1 atom stereocenters. The average molecular weight is 193 g/mol. The Labute approximate surface area is 79.9 Å². The third-order valence-electron chi connectivity index (χ3n) is 2.64. The number of hydrogen-bond acceptors (Lipinski definition) is 3. The summed E-state index contributed by atoms with van der Waals surface area (Å²) in [5.41, 5.74) is 0. The van der Waals surface area contributed by atoms with E-state index in [9.17, 15) is 0 Å². The molecule has 0 bridgehead atoms. The van der Waals surface area contributed by atoms with Crippen molar-refractivity contribution in [3.05, 3.63) is 0 Å². The van der Waals surface area contributed by atoms with E-state index in [1.165, 1.54) is 6.54 Å². The van der Waals surface area contributed by atoms with Crippen LogP contribution in [0, 0.1) is 0 Å². The Morgan fingerprint density at radius 2 is 2.17 bits per heavy atom. The second-order valence-corrected chi connectivity index (χ2v) is 3.48. The van der Waals surface area contributed by atoms with E-state index in [1.807, 2.05) is 0 Å². The number of ether oxygens (including phenoxy) is 1. The zero-order valence-electron chi connectivity index (χ0n) is 7.45. The van der Waals surface area contributed by atoms with Crippen molar-refractivity contribution in [2.75, 3.05) is 32.8 Å². The molecule has 0 amide bonds. The smallest absolute Gasteiger partial charge is 0.0645 e. The van der Waals surface area contributed by atoms with Gasteiger partial charge in [-0.3, -0.25) is 4.90 Å². The van der Waals surface area contributed by atoms with Crippen molar-refractivity contribution in [1.82, 2.24) is 10.2 Å². The first-order chi connectivity index (χ1) is 5.38. The first kappa shape index (κ1) is 10.3. The lowest BCUT2D eigenvalue weighted by atomic mass is 10.1. The normalized spacial score (nSPS) is 32.2. The molecule has 1 unspecified atom stereocenters. The molecule has 0 radical (unpaired) electrons. The minimum absolute atomic E-state index is 0. The summed E-state index contributed by atoms with van der Waals surface area (Å²) in [7, 11) is 0. The molecule has 2 saturated heterocycles. The van der Waals surface area contributed by atoms with Gasteiger partial charge in [-0.1, -0.05) is 0 Å². The summed E-state index contributed by atoms with van der Waals surface area (Å²) in [6.07, 6.45) is 0. The van der Waals surface area contributed by atoms with Crippen molar-refractivity contribution >= 4 is 12.4 Å². The molecule has 0 aromatic carbocycles. The molecule has 0 spiro atoms. The fraction of sp³-hybridized carbons (Fsp3) is 1.00. The van der Waals surface area contributed by atoms with Crippen LogP contribution in [0.3, 0.4) is 0 Å². The van der Waals surface area contributed by atoms with Crippen molar-refractivity contribution in [3.8, 4) is 0 Å². The van der Waals surface area contributed by atoms with Gasteiger partial charge in [0.2, 0.25) is 0 Å². The molecule has 0 saturated carbocycles. The molecular weight excluding hydrogens is 176 g/mol. The van der Waals surface area contributed by atoms with Crippen molar-refractivity contribution in [2.45, 2.75) is 19.0 Å². The summed E-state index contributed by atoms with van der Waals surface area (Å²) in [4.78, 5) is 2.56. The van der Waals surface area contributed by atoms with Crippen LogP contribution in [0.4, 0.5) is 0 Å². The Hall–Kier alpha value is 0.170. The largest absolute Gasteiger partial charge is 0.378 e. The number of piperazine rings is 1. The Morgan fingerprint density at radius 1 is 1.42 bits per heavy atom. The predicted molar refractivity (Wildman–Crippen MR) is 50.9 cm³/mol. The van der Waals surface area contributed by atoms with Gasteiger partial charge < -0.3 is 10.1 Å². The Morgan fingerprint density at radius 3 is 2.67 bits per heavy atom. The van der Waals surface area contributed by atoms with Crippen LogP contribution in [-0.2, 0) is 4.74 Å². The molecule has 0 aromatic heterocycles. The number of halogens is 1. The van der Waals surface area contributed by atoms with Crippen LogP contribution in [0.2, 0.25) is 0 Å². The van der Waals surface area contributed by atoms with Gasteiger partial charge in [-0.15, -0.1) is 12.4 Å². The molecule has 2 aliphatic rings. The molecule has 2 aliphatic heterocycles. The lowest BCUT2D eigenvalue weighted by Gasteiger charge is -2.43. The van der Waals surface area contributed by atoms with E-state index in [-0.39, 0.29) is 12.4 Å². The van der Waals surface area contributed by atoms with Gasteiger partial charge in [0.05, 0.1) is 19.3 Å². The lowest BCUT2D eigenvalue weighted by Crippen LogP contribution is -2.59. The van der Waals surface area contributed by atoms with Gasteiger partial charge in [-0.05, 0) is 6.92 Å². The Balaban J connectivity index is 0.000000720. The van der Waals surface area contributed by atoms with Crippen LogP contribution in [-0.4, -0.2) is 49.8 Å². The molecule has 12 heavy (non-hydrogen) atoms. The van der Waals surface area contributed by atoms with Crippen LogP contribution in [0.25, 0.3) is 0 Å². The van der Waals surface area contributed by atoms with Crippen molar-refractivity contribution in [2.24, 2.45) is 0 Å².